The molecule has 3 unspecified atom stereocenters. The third-order valence-electron chi connectivity index (χ3n) is 6.17. The molecule has 2 fully saturated rings. The highest BCUT2D eigenvalue weighted by molar-refractivity contribution is 5.75. The van der Waals surface area contributed by atoms with Crippen LogP contribution in [0.1, 0.15) is 73.6 Å². The van der Waals surface area contributed by atoms with Gasteiger partial charge in [0.15, 0.2) is 0 Å². The van der Waals surface area contributed by atoms with Crippen LogP contribution in [0.25, 0.3) is 0 Å². The van der Waals surface area contributed by atoms with Gasteiger partial charge in [-0.3, -0.25) is 4.79 Å². The van der Waals surface area contributed by atoms with Crippen LogP contribution in [0, 0.1) is 11.8 Å². The minimum Gasteiger partial charge on any atom is -0.447 e. The smallest absolute Gasteiger partial charge is 0.410 e. The predicted octanol–water partition coefficient (Wildman–Crippen LogP) is 4.06. The van der Waals surface area contributed by atoms with Crippen molar-refractivity contribution in [1.29, 1.82) is 0 Å². The fourth-order valence-electron chi connectivity index (χ4n) is 5.06. The molecule has 1 heterocycles. The van der Waals surface area contributed by atoms with Gasteiger partial charge in [0.2, 0.25) is 5.91 Å². The standard InChI is InChI=1S/C20H36N2O3/c1-7-16(8-2)17-9-10-18-19(11-17)21(20(24)25-13(3)4)12-14(5)22(18)15(6)23/h13-14,16-19H,7-12H2,1-6H3/t14-,17?,18?,19?/m0/s1. The zero-order chi connectivity index (χ0) is 18.7. The number of fused-ring (bicyclic) bond motifs is 1. The van der Waals surface area contributed by atoms with E-state index in [1.807, 2.05) is 30.6 Å². The molecule has 0 radical (unpaired) electrons. The van der Waals surface area contributed by atoms with Crippen LogP contribution >= 0.6 is 0 Å². The summed E-state index contributed by atoms with van der Waals surface area (Å²) in [5.74, 6) is 1.46. The molecule has 2 rings (SSSR count). The SMILES string of the molecule is CCC(CC)C1CCC2C(C1)N(C(=O)OC(C)C)C[C@H](C)N2C(C)=O. The first-order chi connectivity index (χ1) is 11.8. The minimum atomic E-state index is -0.217. The molecule has 0 aromatic carbocycles. The molecule has 0 bridgehead atoms. The van der Waals surface area contributed by atoms with Crippen LogP contribution in [0.15, 0.2) is 0 Å². The predicted molar refractivity (Wildman–Crippen MR) is 99.3 cm³/mol. The Kier molecular flexibility index (Phi) is 6.75. The second-order valence-electron chi connectivity index (χ2n) is 8.14. The molecule has 5 heteroatoms. The zero-order valence-electron chi connectivity index (χ0n) is 16.8. The van der Waals surface area contributed by atoms with E-state index in [9.17, 15) is 9.59 Å². The van der Waals surface area contributed by atoms with Gasteiger partial charge in [-0.1, -0.05) is 26.7 Å². The summed E-state index contributed by atoms with van der Waals surface area (Å²) in [5.41, 5.74) is 0. The highest BCUT2D eigenvalue weighted by Crippen LogP contribution is 2.40. The summed E-state index contributed by atoms with van der Waals surface area (Å²) in [4.78, 5) is 28.9. The summed E-state index contributed by atoms with van der Waals surface area (Å²) in [6.07, 6.45) is 5.15. The molecule has 0 N–H and O–H groups in total. The van der Waals surface area contributed by atoms with Crippen molar-refractivity contribution in [2.24, 2.45) is 11.8 Å². The summed E-state index contributed by atoms with van der Waals surface area (Å²) in [6, 6.07) is 0.264. The van der Waals surface area contributed by atoms with Gasteiger partial charge in [0.05, 0.1) is 18.2 Å². The fourth-order valence-corrected chi connectivity index (χ4v) is 5.06. The molecule has 144 valence electrons. The van der Waals surface area contributed by atoms with Gasteiger partial charge in [-0.2, -0.15) is 0 Å². The van der Waals surface area contributed by atoms with Crippen molar-refractivity contribution in [2.45, 2.75) is 97.9 Å². The molecule has 1 aliphatic heterocycles. The van der Waals surface area contributed by atoms with Crippen molar-refractivity contribution in [1.82, 2.24) is 9.80 Å². The van der Waals surface area contributed by atoms with E-state index in [2.05, 4.69) is 13.8 Å². The molecule has 2 amide bonds. The van der Waals surface area contributed by atoms with E-state index in [1.165, 1.54) is 12.8 Å². The number of hydrogen-bond donors (Lipinski definition) is 0. The number of carbonyl (C=O) groups excluding carboxylic acids is 2. The van der Waals surface area contributed by atoms with Crippen molar-refractivity contribution in [3.63, 3.8) is 0 Å². The Balaban J connectivity index is 2.25. The van der Waals surface area contributed by atoms with Gasteiger partial charge in [0.25, 0.3) is 0 Å². The van der Waals surface area contributed by atoms with Crippen LogP contribution in [-0.2, 0) is 9.53 Å². The van der Waals surface area contributed by atoms with Gasteiger partial charge in [0, 0.05) is 19.5 Å². The van der Waals surface area contributed by atoms with E-state index < -0.39 is 0 Å². The average Bonchev–Trinajstić information content (AvgIpc) is 2.54. The van der Waals surface area contributed by atoms with Crippen molar-refractivity contribution < 1.29 is 14.3 Å². The fraction of sp³-hybridized carbons (Fsp3) is 0.900. The second kappa shape index (κ2) is 8.41. The van der Waals surface area contributed by atoms with E-state index in [-0.39, 0.29) is 36.2 Å². The number of amides is 2. The topological polar surface area (TPSA) is 49.9 Å². The third kappa shape index (κ3) is 4.29. The first-order valence-corrected chi connectivity index (χ1v) is 10.1. The summed E-state index contributed by atoms with van der Waals surface area (Å²) in [6.45, 7) is 12.6. The molecule has 1 saturated heterocycles. The number of piperazine rings is 1. The summed E-state index contributed by atoms with van der Waals surface area (Å²) < 4.78 is 5.51. The van der Waals surface area contributed by atoms with Gasteiger partial charge >= 0.3 is 6.09 Å². The molecule has 5 nitrogen and oxygen atoms in total. The first kappa shape index (κ1) is 20.1. The normalized spacial score (nSPS) is 29.8. The second-order valence-corrected chi connectivity index (χ2v) is 8.14. The largest absolute Gasteiger partial charge is 0.447 e. The molecule has 1 saturated carbocycles. The molecule has 0 spiro atoms. The Morgan fingerprint density at radius 2 is 1.76 bits per heavy atom. The molecule has 25 heavy (non-hydrogen) atoms. The average molecular weight is 353 g/mol. The molecular formula is C20H36N2O3. The van der Waals surface area contributed by atoms with Crippen LogP contribution in [-0.4, -0.2) is 52.6 Å². The lowest BCUT2D eigenvalue weighted by molar-refractivity contribution is -0.142. The maximum absolute atomic E-state index is 12.7. The summed E-state index contributed by atoms with van der Waals surface area (Å²) in [5, 5.41) is 0. The lowest BCUT2D eigenvalue weighted by Gasteiger charge is -2.54. The number of ether oxygens (including phenoxy) is 1. The van der Waals surface area contributed by atoms with Crippen LogP contribution in [0.2, 0.25) is 0 Å². The highest BCUT2D eigenvalue weighted by atomic mass is 16.6. The Hall–Kier alpha value is -1.26. The monoisotopic (exact) mass is 352 g/mol. The number of nitrogens with zero attached hydrogens (tertiary/aromatic N) is 2. The van der Waals surface area contributed by atoms with Crippen LogP contribution in [0.4, 0.5) is 4.79 Å². The first-order valence-electron chi connectivity index (χ1n) is 10.1. The molecule has 0 aromatic rings. The van der Waals surface area contributed by atoms with Crippen molar-refractivity contribution in [2.75, 3.05) is 6.54 Å². The van der Waals surface area contributed by atoms with E-state index in [1.54, 1.807) is 6.92 Å². The Morgan fingerprint density at radius 3 is 2.28 bits per heavy atom. The number of rotatable bonds is 4. The molecular weight excluding hydrogens is 316 g/mol. The maximum Gasteiger partial charge on any atom is 0.410 e. The molecule has 2 aliphatic rings. The summed E-state index contributed by atoms with van der Waals surface area (Å²) in [7, 11) is 0. The zero-order valence-corrected chi connectivity index (χ0v) is 16.8. The minimum absolute atomic E-state index is 0.0446. The summed E-state index contributed by atoms with van der Waals surface area (Å²) >= 11 is 0. The number of hydrogen-bond acceptors (Lipinski definition) is 3. The van der Waals surface area contributed by atoms with Crippen LogP contribution in [0.3, 0.4) is 0 Å². The van der Waals surface area contributed by atoms with Crippen LogP contribution < -0.4 is 0 Å². The lowest BCUT2D eigenvalue weighted by atomic mass is 9.72. The van der Waals surface area contributed by atoms with E-state index in [0.717, 1.165) is 19.3 Å². The Bertz CT molecular complexity index is 476. The van der Waals surface area contributed by atoms with Crippen molar-refractivity contribution >= 4 is 12.0 Å². The van der Waals surface area contributed by atoms with Crippen molar-refractivity contribution in [3.8, 4) is 0 Å². The Labute approximate surface area is 153 Å². The van der Waals surface area contributed by atoms with Crippen molar-refractivity contribution in [3.05, 3.63) is 0 Å². The maximum atomic E-state index is 12.7. The highest BCUT2D eigenvalue weighted by Gasteiger charge is 2.47. The van der Waals surface area contributed by atoms with Gasteiger partial charge in [-0.15, -0.1) is 0 Å². The Morgan fingerprint density at radius 1 is 1.12 bits per heavy atom. The van der Waals surface area contributed by atoms with Gasteiger partial charge in [0.1, 0.15) is 0 Å². The van der Waals surface area contributed by atoms with E-state index in [4.69, 9.17) is 4.74 Å². The van der Waals surface area contributed by atoms with Gasteiger partial charge in [-0.05, 0) is 51.9 Å². The molecule has 1 aliphatic carbocycles. The van der Waals surface area contributed by atoms with E-state index >= 15 is 0 Å². The van der Waals surface area contributed by atoms with E-state index in [0.29, 0.717) is 18.4 Å². The number of carbonyl (C=O) groups is 2. The lowest BCUT2D eigenvalue weighted by Crippen LogP contribution is -2.67. The van der Waals surface area contributed by atoms with Gasteiger partial charge < -0.3 is 14.5 Å². The molecule has 4 atom stereocenters. The quantitative estimate of drug-likeness (QED) is 0.767. The van der Waals surface area contributed by atoms with Crippen LogP contribution in [0.5, 0.6) is 0 Å². The third-order valence-corrected chi connectivity index (χ3v) is 6.17. The van der Waals surface area contributed by atoms with Gasteiger partial charge in [-0.25, -0.2) is 4.79 Å². The molecule has 0 aromatic heterocycles.